The Labute approximate surface area is 94.7 Å². The van der Waals surface area contributed by atoms with Crippen molar-refractivity contribution in [1.82, 2.24) is 0 Å². The number of hydrogen-bond donors (Lipinski definition) is 0. The molecule has 0 fully saturated rings. The van der Waals surface area contributed by atoms with E-state index < -0.39 is 8.07 Å². The van der Waals surface area contributed by atoms with Gasteiger partial charge in [0.25, 0.3) is 0 Å². The van der Waals surface area contributed by atoms with Crippen LogP contribution in [0.2, 0.25) is 19.6 Å². The lowest BCUT2D eigenvalue weighted by Gasteiger charge is -2.07. The van der Waals surface area contributed by atoms with Gasteiger partial charge in [0.05, 0.1) is 0 Å². The molecule has 0 saturated heterocycles. The summed E-state index contributed by atoms with van der Waals surface area (Å²) in [4.78, 5) is 0. The van der Waals surface area contributed by atoms with E-state index in [4.69, 9.17) is 0 Å². The highest BCUT2D eigenvalue weighted by Crippen LogP contribution is 2.13. The van der Waals surface area contributed by atoms with Crippen LogP contribution in [0.4, 0.5) is 0 Å². The Balaban J connectivity index is 2.85. The van der Waals surface area contributed by atoms with Crippen molar-refractivity contribution in [2.75, 3.05) is 0 Å². The first kappa shape index (κ1) is 12.1. The van der Waals surface area contributed by atoms with Crippen LogP contribution in [0.1, 0.15) is 16.7 Å². The Morgan fingerprint density at radius 3 is 2.07 bits per heavy atom. The molecule has 0 aliphatic heterocycles. The first-order chi connectivity index (χ1) is 6.90. The quantitative estimate of drug-likeness (QED) is 0.496. The van der Waals surface area contributed by atoms with Gasteiger partial charge in [-0.05, 0) is 30.5 Å². The summed E-state index contributed by atoms with van der Waals surface area (Å²) in [5, 5.41) is 0. The minimum atomic E-state index is -1.21. The molecule has 1 heteroatoms. The molecule has 15 heavy (non-hydrogen) atoms. The maximum Gasteiger partial charge on any atom is 0.129 e. The van der Waals surface area contributed by atoms with Gasteiger partial charge in [0.15, 0.2) is 0 Å². The van der Waals surface area contributed by atoms with Crippen molar-refractivity contribution in [3.8, 4) is 11.5 Å². The molecule has 0 bridgehead atoms. The van der Waals surface area contributed by atoms with Gasteiger partial charge in [0.1, 0.15) is 8.07 Å². The summed E-state index contributed by atoms with van der Waals surface area (Å²) in [5.74, 6) is 3.34. The summed E-state index contributed by atoms with van der Waals surface area (Å²) in [6.07, 6.45) is 0.906. The van der Waals surface area contributed by atoms with Crippen molar-refractivity contribution in [2.45, 2.75) is 39.9 Å². The maximum absolute atomic E-state index is 3.41. The topological polar surface area (TPSA) is 0 Å². The van der Waals surface area contributed by atoms with Crippen molar-refractivity contribution in [1.29, 1.82) is 0 Å². The normalized spacial score (nSPS) is 10.7. The molecule has 0 amide bonds. The van der Waals surface area contributed by atoms with E-state index in [0.29, 0.717) is 0 Å². The van der Waals surface area contributed by atoms with E-state index in [0.717, 1.165) is 6.42 Å². The predicted octanol–water partition coefficient (Wildman–Crippen LogP) is 3.73. The van der Waals surface area contributed by atoms with Gasteiger partial charge < -0.3 is 0 Å². The van der Waals surface area contributed by atoms with Gasteiger partial charge >= 0.3 is 0 Å². The fraction of sp³-hybridized carbons (Fsp3) is 0.429. The molecule has 0 atom stereocenters. The zero-order valence-corrected chi connectivity index (χ0v) is 11.4. The average molecular weight is 216 g/mol. The second-order valence-corrected chi connectivity index (χ2v) is 9.85. The van der Waals surface area contributed by atoms with Gasteiger partial charge in [-0.1, -0.05) is 37.8 Å². The molecule has 80 valence electrons. The van der Waals surface area contributed by atoms with Gasteiger partial charge in [-0.25, -0.2) is 0 Å². The minimum absolute atomic E-state index is 0.906. The van der Waals surface area contributed by atoms with E-state index in [2.05, 4.69) is 63.2 Å². The third-order valence-corrected chi connectivity index (χ3v) is 3.30. The van der Waals surface area contributed by atoms with Gasteiger partial charge in [-0.3, -0.25) is 0 Å². The van der Waals surface area contributed by atoms with Crippen LogP contribution in [0.5, 0.6) is 0 Å². The summed E-state index contributed by atoms with van der Waals surface area (Å²) in [7, 11) is -1.21. The van der Waals surface area contributed by atoms with E-state index in [-0.39, 0.29) is 0 Å². The lowest BCUT2D eigenvalue weighted by molar-refractivity contribution is 1.19. The Morgan fingerprint density at radius 1 is 1.07 bits per heavy atom. The molecule has 0 aliphatic carbocycles. The van der Waals surface area contributed by atoms with Crippen LogP contribution in [0.3, 0.4) is 0 Å². The second-order valence-electron chi connectivity index (χ2n) is 5.10. The lowest BCUT2D eigenvalue weighted by atomic mass is 10.0. The van der Waals surface area contributed by atoms with Crippen LogP contribution < -0.4 is 0 Å². The number of aryl methyl sites for hydroxylation is 2. The summed E-state index contributed by atoms with van der Waals surface area (Å²) < 4.78 is 0. The van der Waals surface area contributed by atoms with Crippen molar-refractivity contribution < 1.29 is 0 Å². The monoisotopic (exact) mass is 216 g/mol. The lowest BCUT2D eigenvalue weighted by Crippen LogP contribution is -2.16. The van der Waals surface area contributed by atoms with Crippen molar-refractivity contribution >= 4 is 8.07 Å². The van der Waals surface area contributed by atoms with Crippen molar-refractivity contribution in [2.24, 2.45) is 0 Å². The van der Waals surface area contributed by atoms with Crippen LogP contribution in [-0.4, -0.2) is 8.07 Å². The Kier molecular flexibility index (Phi) is 3.76. The molecule has 1 aromatic carbocycles. The molecule has 0 heterocycles. The fourth-order valence-corrected chi connectivity index (χ4v) is 2.14. The SMILES string of the molecule is Cc1cccc(C)c1CC#C[Si](C)(C)C. The smallest absolute Gasteiger partial charge is 0.129 e. The zero-order valence-electron chi connectivity index (χ0n) is 10.4. The van der Waals surface area contributed by atoms with Crippen LogP contribution in [0, 0.1) is 25.3 Å². The molecule has 0 radical (unpaired) electrons. The molecule has 1 aromatic rings. The van der Waals surface area contributed by atoms with Crippen molar-refractivity contribution in [3.05, 3.63) is 34.9 Å². The van der Waals surface area contributed by atoms with Gasteiger partial charge in [0.2, 0.25) is 0 Å². The van der Waals surface area contributed by atoms with Crippen molar-refractivity contribution in [3.63, 3.8) is 0 Å². The van der Waals surface area contributed by atoms with Crippen LogP contribution in [-0.2, 0) is 6.42 Å². The number of rotatable bonds is 1. The molecule has 0 N–H and O–H groups in total. The van der Waals surface area contributed by atoms with E-state index in [9.17, 15) is 0 Å². The zero-order chi connectivity index (χ0) is 11.5. The molecular formula is C14H20Si. The summed E-state index contributed by atoms with van der Waals surface area (Å²) in [6, 6.07) is 6.44. The van der Waals surface area contributed by atoms with Crippen LogP contribution >= 0.6 is 0 Å². The summed E-state index contributed by atoms with van der Waals surface area (Å²) in [5.41, 5.74) is 7.54. The Bertz CT molecular complexity index is 379. The predicted molar refractivity (Wildman–Crippen MR) is 70.7 cm³/mol. The Morgan fingerprint density at radius 2 is 1.60 bits per heavy atom. The molecular weight excluding hydrogens is 196 g/mol. The van der Waals surface area contributed by atoms with E-state index in [1.54, 1.807) is 0 Å². The molecule has 0 aliphatic rings. The maximum atomic E-state index is 3.41. The first-order valence-corrected chi connectivity index (χ1v) is 8.95. The van der Waals surface area contributed by atoms with E-state index >= 15 is 0 Å². The summed E-state index contributed by atoms with van der Waals surface area (Å²) in [6.45, 7) is 11.2. The van der Waals surface area contributed by atoms with Crippen LogP contribution in [0.25, 0.3) is 0 Å². The largest absolute Gasteiger partial charge is 0.132 e. The highest BCUT2D eigenvalue weighted by atomic mass is 28.3. The highest BCUT2D eigenvalue weighted by Gasteiger charge is 2.07. The van der Waals surface area contributed by atoms with E-state index in [1.807, 2.05) is 0 Å². The molecule has 0 saturated carbocycles. The van der Waals surface area contributed by atoms with Gasteiger partial charge in [-0.2, -0.15) is 0 Å². The highest BCUT2D eigenvalue weighted by molar-refractivity contribution is 6.83. The second kappa shape index (κ2) is 4.68. The number of hydrogen-bond acceptors (Lipinski definition) is 0. The molecule has 1 rings (SSSR count). The minimum Gasteiger partial charge on any atom is -0.132 e. The first-order valence-electron chi connectivity index (χ1n) is 5.45. The third kappa shape index (κ3) is 3.93. The molecule has 0 spiro atoms. The Hall–Kier alpha value is -1.00. The third-order valence-electron chi connectivity index (χ3n) is 2.37. The van der Waals surface area contributed by atoms with Gasteiger partial charge in [-0.15, -0.1) is 11.5 Å². The van der Waals surface area contributed by atoms with Gasteiger partial charge in [0, 0.05) is 6.42 Å². The summed E-state index contributed by atoms with van der Waals surface area (Å²) >= 11 is 0. The van der Waals surface area contributed by atoms with E-state index in [1.165, 1.54) is 16.7 Å². The standard InChI is InChI=1S/C14H20Si/c1-12-8-6-9-13(2)14(12)10-7-11-15(3,4)5/h6,8-9H,10H2,1-5H3. The van der Waals surface area contributed by atoms with Crippen LogP contribution in [0.15, 0.2) is 18.2 Å². The molecule has 0 aromatic heterocycles. The number of benzene rings is 1. The fourth-order valence-electron chi connectivity index (χ4n) is 1.53. The molecule has 0 unspecified atom stereocenters. The average Bonchev–Trinajstić information content (AvgIpc) is 2.08. The molecule has 0 nitrogen and oxygen atoms in total.